The molecule has 0 radical (unpaired) electrons. The van der Waals surface area contributed by atoms with Crippen molar-refractivity contribution in [1.82, 2.24) is 4.98 Å². The number of anilines is 1. The van der Waals surface area contributed by atoms with E-state index in [2.05, 4.69) is 10.3 Å². The van der Waals surface area contributed by atoms with E-state index in [-0.39, 0.29) is 23.4 Å². The number of carbonyl (C=O) groups is 1. The predicted octanol–water partition coefficient (Wildman–Crippen LogP) is 2.89. The Morgan fingerprint density at radius 2 is 2.05 bits per heavy atom. The van der Waals surface area contributed by atoms with E-state index >= 15 is 0 Å². The highest BCUT2D eigenvalue weighted by atomic mass is 35.5. The van der Waals surface area contributed by atoms with Crippen LogP contribution in [0.5, 0.6) is 5.75 Å². The summed E-state index contributed by atoms with van der Waals surface area (Å²) in [5.41, 5.74) is 0.836. The van der Waals surface area contributed by atoms with E-state index in [9.17, 15) is 4.79 Å². The molecule has 1 amide bonds. The second-order valence-electron chi connectivity index (χ2n) is 3.77. The maximum atomic E-state index is 11.9. The molecular formula is C14H10ClN3O2. The zero-order chi connectivity index (χ0) is 14.4. The number of nitrogens with zero attached hydrogens (tertiary/aromatic N) is 2. The third-order valence-corrected chi connectivity index (χ3v) is 2.57. The van der Waals surface area contributed by atoms with Crippen LogP contribution in [0, 0.1) is 11.3 Å². The first-order valence-corrected chi connectivity index (χ1v) is 6.10. The number of rotatable bonds is 4. The van der Waals surface area contributed by atoms with Gasteiger partial charge in [0.25, 0.3) is 5.91 Å². The number of nitriles is 1. The minimum absolute atomic E-state index is 0.0157. The average Bonchev–Trinajstić information content (AvgIpc) is 2.46. The Morgan fingerprint density at radius 3 is 2.70 bits per heavy atom. The summed E-state index contributed by atoms with van der Waals surface area (Å²) in [7, 11) is 0. The molecule has 0 bridgehead atoms. The zero-order valence-electron chi connectivity index (χ0n) is 10.3. The van der Waals surface area contributed by atoms with E-state index in [1.165, 1.54) is 0 Å². The molecular weight excluding hydrogens is 278 g/mol. The highest BCUT2D eigenvalue weighted by Crippen LogP contribution is 2.16. The Kier molecular flexibility index (Phi) is 4.53. The van der Waals surface area contributed by atoms with Crippen molar-refractivity contribution >= 4 is 23.2 Å². The van der Waals surface area contributed by atoms with Gasteiger partial charge in [-0.15, -0.1) is 0 Å². The van der Waals surface area contributed by atoms with Crippen LogP contribution in [0.25, 0.3) is 0 Å². The molecule has 6 heteroatoms. The molecule has 0 saturated carbocycles. The Hall–Kier alpha value is -2.58. The molecule has 0 fully saturated rings. The molecule has 0 aliphatic carbocycles. The van der Waals surface area contributed by atoms with Crippen molar-refractivity contribution in [2.45, 2.75) is 0 Å². The van der Waals surface area contributed by atoms with E-state index < -0.39 is 0 Å². The molecule has 2 rings (SSSR count). The van der Waals surface area contributed by atoms with E-state index in [4.69, 9.17) is 21.6 Å². The largest absolute Gasteiger partial charge is 0.479 e. The summed E-state index contributed by atoms with van der Waals surface area (Å²) >= 11 is 5.73. The van der Waals surface area contributed by atoms with Gasteiger partial charge in [0.05, 0.1) is 0 Å². The predicted molar refractivity (Wildman–Crippen MR) is 74.8 cm³/mol. The Morgan fingerprint density at radius 1 is 1.30 bits per heavy atom. The van der Waals surface area contributed by atoms with Gasteiger partial charge in [0.2, 0.25) is 0 Å². The van der Waals surface area contributed by atoms with Crippen molar-refractivity contribution in [3.8, 4) is 11.8 Å². The Bertz CT molecular complexity index is 650. The van der Waals surface area contributed by atoms with Crippen LogP contribution in [0.15, 0.2) is 42.5 Å². The quantitative estimate of drug-likeness (QED) is 0.877. The Labute approximate surface area is 120 Å². The second kappa shape index (κ2) is 6.55. The van der Waals surface area contributed by atoms with Crippen LogP contribution in [-0.4, -0.2) is 17.5 Å². The highest BCUT2D eigenvalue weighted by molar-refractivity contribution is 6.29. The second-order valence-corrected chi connectivity index (χ2v) is 4.16. The van der Waals surface area contributed by atoms with Gasteiger partial charge < -0.3 is 10.1 Å². The van der Waals surface area contributed by atoms with Gasteiger partial charge in [-0.25, -0.2) is 4.98 Å². The average molecular weight is 288 g/mol. The first kappa shape index (κ1) is 13.8. The van der Waals surface area contributed by atoms with Gasteiger partial charge in [0.15, 0.2) is 6.61 Å². The summed E-state index contributed by atoms with van der Waals surface area (Å²) in [4.78, 5) is 15.8. The van der Waals surface area contributed by atoms with Crippen LogP contribution in [-0.2, 0) is 0 Å². The van der Waals surface area contributed by atoms with Gasteiger partial charge in [0.1, 0.15) is 22.7 Å². The lowest BCUT2D eigenvalue weighted by Gasteiger charge is -2.06. The number of nitrogens with one attached hydrogen (secondary N) is 1. The number of benzene rings is 1. The van der Waals surface area contributed by atoms with Crippen LogP contribution in [0.2, 0.25) is 5.15 Å². The lowest BCUT2D eigenvalue weighted by Crippen LogP contribution is -2.13. The number of carbonyl (C=O) groups excluding carboxylic acids is 1. The molecule has 0 aliphatic heterocycles. The highest BCUT2D eigenvalue weighted by Gasteiger charge is 2.08. The number of pyridine rings is 1. The van der Waals surface area contributed by atoms with Crippen molar-refractivity contribution < 1.29 is 9.53 Å². The van der Waals surface area contributed by atoms with Gasteiger partial charge in [-0.3, -0.25) is 4.79 Å². The molecule has 1 aromatic heterocycles. The molecule has 0 saturated heterocycles. The number of hydrogen-bond acceptors (Lipinski definition) is 4. The summed E-state index contributed by atoms with van der Waals surface area (Å²) in [5.74, 6) is 0.212. The molecule has 0 aliphatic rings. The third-order valence-electron chi connectivity index (χ3n) is 2.36. The molecule has 0 atom stereocenters. The van der Waals surface area contributed by atoms with E-state index in [1.54, 1.807) is 42.5 Å². The van der Waals surface area contributed by atoms with Crippen LogP contribution in [0.1, 0.15) is 10.5 Å². The summed E-state index contributed by atoms with van der Waals surface area (Å²) in [6.45, 7) is -0.0157. The van der Waals surface area contributed by atoms with Gasteiger partial charge >= 0.3 is 0 Å². The molecule has 1 aromatic carbocycles. The van der Waals surface area contributed by atoms with Gasteiger partial charge in [0, 0.05) is 5.69 Å². The molecule has 1 heterocycles. The van der Waals surface area contributed by atoms with Crippen LogP contribution >= 0.6 is 11.6 Å². The summed E-state index contributed by atoms with van der Waals surface area (Å²) < 4.78 is 5.11. The number of aromatic nitrogens is 1. The molecule has 0 spiro atoms. The number of amides is 1. The number of halogens is 1. The normalized spacial score (nSPS) is 9.60. The lowest BCUT2D eigenvalue weighted by atomic mass is 10.3. The van der Waals surface area contributed by atoms with Crippen LogP contribution in [0.4, 0.5) is 5.69 Å². The van der Waals surface area contributed by atoms with Crippen molar-refractivity contribution in [1.29, 1.82) is 5.26 Å². The lowest BCUT2D eigenvalue weighted by molar-refractivity contribution is 0.102. The molecule has 20 heavy (non-hydrogen) atoms. The standard InChI is InChI=1S/C14H10ClN3O2/c15-13-3-1-2-12(18-13)14(19)17-10-4-6-11(7-5-10)20-9-8-16/h1-7H,9H2,(H,17,19). The van der Waals surface area contributed by atoms with E-state index in [0.29, 0.717) is 11.4 Å². The smallest absolute Gasteiger partial charge is 0.274 e. The summed E-state index contributed by atoms with van der Waals surface area (Å²) in [5, 5.41) is 11.3. The fourth-order valence-corrected chi connectivity index (χ4v) is 1.64. The van der Waals surface area contributed by atoms with Crippen LogP contribution in [0.3, 0.4) is 0 Å². The molecule has 0 unspecified atom stereocenters. The first-order valence-electron chi connectivity index (χ1n) is 5.73. The fraction of sp³-hybridized carbons (Fsp3) is 0.0714. The SMILES string of the molecule is N#CCOc1ccc(NC(=O)c2cccc(Cl)n2)cc1. The minimum atomic E-state index is -0.349. The zero-order valence-corrected chi connectivity index (χ0v) is 11.1. The van der Waals surface area contributed by atoms with Crippen molar-refractivity contribution in [3.05, 3.63) is 53.3 Å². The van der Waals surface area contributed by atoms with Crippen molar-refractivity contribution in [2.75, 3.05) is 11.9 Å². The maximum absolute atomic E-state index is 11.9. The summed E-state index contributed by atoms with van der Waals surface area (Å²) in [6, 6.07) is 13.4. The maximum Gasteiger partial charge on any atom is 0.274 e. The van der Waals surface area contributed by atoms with Gasteiger partial charge in [-0.2, -0.15) is 5.26 Å². The number of hydrogen-bond donors (Lipinski definition) is 1. The Balaban J connectivity index is 2.03. The van der Waals surface area contributed by atoms with Crippen LogP contribution < -0.4 is 10.1 Å². The van der Waals surface area contributed by atoms with Crippen molar-refractivity contribution in [2.24, 2.45) is 0 Å². The van der Waals surface area contributed by atoms with Gasteiger partial charge in [-0.1, -0.05) is 17.7 Å². The minimum Gasteiger partial charge on any atom is -0.479 e. The third kappa shape index (κ3) is 3.70. The molecule has 1 N–H and O–H groups in total. The monoisotopic (exact) mass is 287 g/mol. The summed E-state index contributed by atoms with van der Waals surface area (Å²) in [6.07, 6.45) is 0. The molecule has 5 nitrogen and oxygen atoms in total. The topological polar surface area (TPSA) is 75.0 Å². The molecule has 100 valence electrons. The first-order chi connectivity index (χ1) is 9.69. The molecule has 2 aromatic rings. The van der Waals surface area contributed by atoms with E-state index in [1.807, 2.05) is 6.07 Å². The van der Waals surface area contributed by atoms with Gasteiger partial charge in [-0.05, 0) is 36.4 Å². The number of ether oxygens (including phenoxy) is 1. The fourth-order valence-electron chi connectivity index (χ4n) is 1.48. The van der Waals surface area contributed by atoms with Crippen molar-refractivity contribution in [3.63, 3.8) is 0 Å². The van der Waals surface area contributed by atoms with E-state index in [0.717, 1.165) is 0 Å².